The van der Waals surface area contributed by atoms with Crippen molar-refractivity contribution in [2.45, 2.75) is 0 Å². The van der Waals surface area contributed by atoms with Crippen molar-refractivity contribution in [1.29, 1.82) is 0 Å². The molecule has 3 atom stereocenters. The van der Waals surface area contributed by atoms with Crippen molar-refractivity contribution in [1.82, 2.24) is 4.57 Å². The minimum absolute atomic E-state index is 0.0527. The summed E-state index contributed by atoms with van der Waals surface area (Å²) in [7, 11) is 2.81. The van der Waals surface area contributed by atoms with E-state index in [1.165, 1.54) is 36.1 Å². The zero-order valence-electron chi connectivity index (χ0n) is 18.6. The number of carbonyl (C=O) groups is 2. The molecule has 1 aromatic heterocycles. The molecular formula is C25H23FN2O6. The molecule has 176 valence electrons. The van der Waals surface area contributed by atoms with Gasteiger partial charge < -0.3 is 19.5 Å². The summed E-state index contributed by atoms with van der Waals surface area (Å²) in [5.74, 6) is -2.33. The second-order valence-corrected chi connectivity index (χ2v) is 7.79. The highest BCUT2D eigenvalue weighted by atomic mass is 19.1. The Morgan fingerprint density at radius 3 is 2.38 bits per heavy atom. The zero-order chi connectivity index (χ0) is 24.2. The number of ether oxygens (including phenoxy) is 3. The first-order valence-electron chi connectivity index (χ1n) is 10.6. The molecule has 1 aliphatic rings. The highest BCUT2D eigenvalue weighted by molar-refractivity contribution is 5.99. The van der Waals surface area contributed by atoms with E-state index >= 15 is 0 Å². The van der Waals surface area contributed by atoms with Gasteiger partial charge in [-0.2, -0.15) is 0 Å². The first kappa shape index (κ1) is 23.0. The summed E-state index contributed by atoms with van der Waals surface area (Å²) < 4.78 is 31.7. The predicted octanol–water partition coefficient (Wildman–Crippen LogP) is 3.04. The average molecular weight is 466 g/mol. The van der Waals surface area contributed by atoms with Crippen LogP contribution in [0.3, 0.4) is 0 Å². The molecule has 2 aromatic carbocycles. The number of benzene rings is 2. The van der Waals surface area contributed by atoms with Gasteiger partial charge in [0.15, 0.2) is 0 Å². The van der Waals surface area contributed by atoms with E-state index in [1.54, 1.807) is 43.5 Å². The van der Waals surface area contributed by atoms with Crippen LogP contribution in [0.4, 0.5) is 10.1 Å². The highest BCUT2D eigenvalue weighted by Gasteiger charge is 2.60. The van der Waals surface area contributed by atoms with Gasteiger partial charge in [-0.25, -0.2) is 4.39 Å². The van der Waals surface area contributed by atoms with Crippen molar-refractivity contribution >= 4 is 17.6 Å². The van der Waals surface area contributed by atoms with Crippen LogP contribution >= 0.6 is 0 Å². The number of amides is 1. The molecular weight excluding hydrogens is 443 g/mol. The van der Waals surface area contributed by atoms with Crippen molar-refractivity contribution in [3.8, 4) is 17.2 Å². The van der Waals surface area contributed by atoms with Gasteiger partial charge >= 0.3 is 5.97 Å². The number of hydrogen-bond donors (Lipinski definition) is 1. The second kappa shape index (κ2) is 9.78. The molecule has 4 rings (SSSR count). The van der Waals surface area contributed by atoms with Crippen molar-refractivity contribution in [3.05, 3.63) is 83.0 Å². The lowest BCUT2D eigenvalue weighted by molar-refractivity contribution is -0.143. The van der Waals surface area contributed by atoms with Crippen LogP contribution in [0.2, 0.25) is 0 Å². The van der Waals surface area contributed by atoms with E-state index in [0.29, 0.717) is 17.2 Å². The molecule has 1 N–H and O–H groups in total. The van der Waals surface area contributed by atoms with E-state index in [2.05, 4.69) is 5.32 Å². The quantitative estimate of drug-likeness (QED) is 0.513. The van der Waals surface area contributed by atoms with E-state index < -0.39 is 35.4 Å². The third-order valence-electron chi connectivity index (χ3n) is 5.76. The first-order chi connectivity index (χ1) is 16.4. The summed E-state index contributed by atoms with van der Waals surface area (Å²) in [6.45, 7) is 0.114. The molecule has 34 heavy (non-hydrogen) atoms. The fourth-order valence-electron chi connectivity index (χ4n) is 3.87. The Balaban J connectivity index is 1.44. The molecule has 0 radical (unpaired) electrons. The number of hydrogen-bond acceptors (Lipinski definition) is 6. The molecule has 1 fully saturated rings. The highest BCUT2D eigenvalue weighted by Crippen LogP contribution is 2.48. The molecule has 1 aliphatic carbocycles. The SMILES string of the molecule is COC(=O)[C@H]1[C@H](COc2ccc(OC)cc2)[C@H]1C(=O)Nc1ccc(-n2ccccc2=O)cc1F. The van der Waals surface area contributed by atoms with Crippen LogP contribution in [-0.2, 0) is 14.3 Å². The van der Waals surface area contributed by atoms with Crippen LogP contribution in [0.1, 0.15) is 0 Å². The largest absolute Gasteiger partial charge is 0.497 e. The van der Waals surface area contributed by atoms with Gasteiger partial charge in [0.05, 0.1) is 44.0 Å². The number of halogens is 1. The third kappa shape index (κ3) is 4.78. The smallest absolute Gasteiger partial charge is 0.309 e. The standard InChI is InChI=1S/C25H23FN2O6/c1-32-16-7-9-17(10-8-16)34-14-18-22(23(18)25(31)33-2)24(30)27-20-11-6-15(13-19(20)26)28-12-4-3-5-21(28)29/h3-13,18,22-23H,14H2,1-2H3,(H,27,30)/t18-,22-,23+/m1/s1. The number of carbonyl (C=O) groups excluding carboxylic acids is 2. The average Bonchev–Trinajstić information content (AvgIpc) is 3.58. The number of nitrogens with one attached hydrogen (secondary N) is 1. The van der Waals surface area contributed by atoms with Crippen LogP contribution in [0.15, 0.2) is 71.7 Å². The fraction of sp³-hybridized carbons (Fsp3) is 0.240. The molecule has 0 unspecified atom stereocenters. The second-order valence-electron chi connectivity index (χ2n) is 7.79. The van der Waals surface area contributed by atoms with Gasteiger partial charge in [-0.3, -0.25) is 19.0 Å². The van der Waals surface area contributed by atoms with E-state index in [1.807, 2.05) is 0 Å². The fourth-order valence-corrected chi connectivity index (χ4v) is 3.87. The Morgan fingerprint density at radius 1 is 1.00 bits per heavy atom. The number of aromatic nitrogens is 1. The normalized spacial score (nSPS) is 18.6. The van der Waals surface area contributed by atoms with Gasteiger partial charge in [0.2, 0.25) is 5.91 Å². The molecule has 1 heterocycles. The Morgan fingerprint density at radius 2 is 1.74 bits per heavy atom. The topological polar surface area (TPSA) is 95.9 Å². The van der Waals surface area contributed by atoms with Crippen molar-refractivity contribution in [3.63, 3.8) is 0 Å². The van der Waals surface area contributed by atoms with Gasteiger partial charge in [0, 0.05) is 24.2 Å². The lowest BCUT2D eigenvalue weighted by atomic mass is 10.2. The number of methoxy groups -OCH3 is 2. The Labute approximate surface area is 194 Å². The molecule has 3 aromatic rings. The van der Waals surface area contributed by atoms with Gasteiger partial charge in [-0.1, -0.05) is 6.07 Å². The lowest BCUT2D eigenvalue weighted by Gasteiger charge is -2.10. The molecule has 0 saturated heterocycles. The maximum atomic E-state index is 14.7. The molecule has 8 nitrogen and oxygen atoms in total. The van der Waals surface area contributed by atoms with Crippen LogP contribution in [0.5, 0.6) is 11.5 Å². The summed E-state index contributed by atoms with van der Waals surface area (Å²) in [6, 6.07) is 15.6. The van der Waals surface area contributed by atoms with Gasteiger partial charge in [0.1, 0.15) is 17.3 Å². The van der Waals surface area contributed by atoms with Gasteiger partial charge in [-0.15, -0.1) is 0 Å². The molecule has 0 aliphatic heterocycles. The van der Waals surface area contributed by atoms with E-state index in [4.69, 9.17) is 14.2 Å². The number of pyridine rings is 1. The maximum absolute atomic E-state index is 14.7. The summed E-state index contributed by atoms with van der Waals surface area (Å²) in [6.07, 6.45) is 1.52. The monoisotopic (exact) mass is 466 g/mol. The van der Waals surface area contributed by atoms with Crippen LogP contribution in [-0.4, -0.2) is 37.3 Å². The van der Waals surface area contributed by atoms with E-state index in [9.17, 15) is 18.8 Å². The molecule has 9 heteroatoms. The van der Waals surface area contributed by atoms with Crippen LogP contribution < -0.4 is 20.3 Å². The van der Waals surface area contributed by atoms with Crippen molar-refractivity contribution in [2.24, 2.45) is 17.8 Å². The molecule has 0 spiro atoms. The summed E-state index contributed by atoms with van der Waals surface area (Å²) in [5.41, 5.74) is -0.0360. The van der Waals surface area contributed by atoms with Gasteiger partial charge in [0.25, 0.3) is 5.56 Å². The van der Waals surface area contributed by atoms with E-state index in [0.717, 1.165) is 6.07 Å². The van der Waals surface area contributed by atoms with Crippen molar-refractivity contribution < 1.29 is 28.2 Å². The summed E-state index contributed by atoms with van der Waals surface area (Å²) in [4.78, 5) is 37.0. The zero-order valence-corrected chi connectivity index (χ0v) is 18.6. The number of anilines is 1. The summed E-state index contributed by atoms with van der Waals surface area (Å²) >= 11 is 0. The molecule has 1 amide bonds. The Hall–Kier alpha value is -4.14. The minimum atomic E-state index is -0.721. The van der Waals surface area contributed by atoms with Crippen LogP contribution in [0, 0.1) is 23.6 Å². The van der Waals surface area contributed by atoms with Crippen LogP contribution in [0.25, 0.3) is 5.69 Å². The molecule has 1 saturated carbocycles. The first-order valence-corrected chi connectivity index (χ1v) is 10.6. The Kier molecular flexibility index (Phi) is 6.62. The summed E-state index contributed by atoms with van der Waals surface area (Å²) in [5, 5.41) is 2.54. The van der Waals surface area contributed by atoms with Gasteiger partial charge in [-0.05, 0) is 42.5 Å². The Bertz CT molecular complexity index is 1260. The maximum Gasteiger partial charge on any atom is 0.309 e. The molecule has 0 bridgehead atoms. The minimum Gasteiger partial charge on any atom is -0.497 e. The number of nitrogens with zero attached hydrogens (tertiary/aromatic N) is 1. The van der Waals surface area contributed by atoms with E-state index in [-0.39, 0.29) is 17.9 Å². The predicted molar refractivity (Wildman–Crippen MR) is 122 cm³/mol. The number of esters is 1. The number of rotatable bonds is 8. The lowest BCUT2D eigenvalue weighted by Crippen LogP contribution is -2.19. The third-order valence-corrected chi connectivity index (χ3v) is 5.76. The van der Waals surface area contributed by atoms with Crippen molar-refractivity contribution in [2.75, 3.05) is 26.1 Å².